The zero-order valence-corrected chi connectivity index (χ0v) is 18.6. The van der Waals surface area contributed by atoms with Gasteiger partial charge in [0.15, 0.2) is 0 Å². The number of nitrogens with zero attached hydrogens (tertiary/aromatic N) is 2. The molecule has 2 aromatic rings. The van der Waals surface area contributed by atoms with Gasteiger partial charge in [0, 0.05) is 23.4 Å². The van der Waals surface area contributed by atoms with E-state index in [-0.39, 0.29) is 44.1 Å². The summed E-state index contributed by atoms with van der Waals surface area (Å²) in [5.74, 6) is -2.93. The maximum atomic E-state index is 13.5. The van der Waals surface area contributed by atoms with Crippen LogP contribution in [-0.2, 0) is 11.3 Å². The Morgan fingerprint density at radius 2 is 2.00 bits per heavy atom. The zero-order valence-electron chi connectivity index (χ0n) is 17.0. The molecule has 2 aliphatic rings. The number of carbonyl (C=O) groups is 1. The molecule has 1 heterocycles. The molecule has 0 bridgehead atoms. The smallest absolute Gasteiger partial charge is 0.275 e. The predicted octanol–water partition coefficient (Wildman–Crippen LogP) is 3.15. The maximum absolute atomic E-state index is 13.5. The molecule has 0 unspecified atom stereocenters. The lowest BCUT2D eigenvalue weighted by atomic mass is 9.77. The normalized spacial score (nSPS) is 25.8. The van der Waals surface area contributed by atoms with E-state index in [0.29, 0.717) is 28.1 Å². The minimum absolute atomic E-state index is 0.144. The van der Waals surface area contributed by atoms with Gasteiger partial charge in [-0.1, -0.05) is 15.9 Å². The third-order valence-electron chi connectivity index (χ3n) is 5.86. The summed E-state index contributed by atoms with van der Waals surface area (Å²) in [5, 5.41) is 17.6. The van der Waals surface area contributed by atoms with Gasteiger partial charge in [0.1, 0.15) is 12.6 Å². The second-order valence-electron chi connectivity index (χ2n) is 8.80. The molecule has 4 rings (SSSR count). The topological polar surface area (TPSA) is 93.5 Å². The van der Waals surface area contributed by atoms with Crippen molar-refractivity contribution in [2.75, 3.05) is 0 Å². The zero-order chi connectivity index (χ0) is 22.4. The van der Waals surface area contributed by atoms with Gasteiger partial charge in [0.25, 0.3) is 5.56 Å². The molecule has 0 radical (unpaired) electrons. The van der Waals surface area contributed by atoms with E-state index < -0.39 is 29.1 Å². The quantitative estimate of drug-likeness (QED) is 0.658. The molecule has 1 amide bonds. The fraction of sp³-hybridized carbons (Fsp3) is 0.571. The van der Waals surface area contributed by atoms with E-state index in [4.69, 9.17) is 4.74 Å². The first-order valence-electron chi connectivity index (χ1n) is 10.3. The molecule has 1 aromatic heterocycles. The second kappa shape index (κ2) is 8.12. The molecule has 0 saturated heterocycles. The van der Waals surface area contributed by atoms with E-state index in [1.165, 1.54) is 0 Å². The standard InChI is InChI=1S/C21H24BrF2N3O4/c1-20(30)9-13(10-20)25-17(28)11-27-19(29)15-3-2-12(22)8-16(15)18(26-27)31-14-4-6-21(23,24)7-5-14/h2-3,8,13-14,30H,4-7,9-11H2,1H3,(H,25,28)/t13-,20+. The number of benzene rings is 1. The average molecular weight is 500 g/mol. The van der Waals surface area contributed by atoms with Crippen LogP contribution in [0.4, 0.5) is 8.78 Å². The number of aliphatic hydroxyl groups is 1. The Morgan fingerprint density at radius 1 is 1.32 bits per heavy atom. The highest BCUT2D eigenvalue weighted by atomic mass is 79.9. The monoisotopic (exact) mass is 499 g/mol. The van der Waals surface area contributed by atoms with Gasteiger partial charge in [-0.3, -0.25) is 9.59 Å². The third kappa shape index (κ3) is 5.06. The summed E-state index contributed by atoms with van der Waals surface area (Å²) >= 11 is 3.36. The number of hydrogen-bond acceptors (Lipinski definition) is 5. The number of alkyl halides is 2. The summed E-state index contributed by atoms with van der Waals surface area (Å²) in [6.07, 6.45) is 0.322. The summed E-state index contributed by atoms with van der Waals surface area (Å²) in [5.41, 5.74) is -1.22. The molecular weight excluding hydrogens is 476 g/mol. The largest absolute Gasteiger partial charge is 0.473 e. The van der Waals surface area contributed by atoms with Crippen LogP contribution >= 0.6 is 15.9 Å². The van der Waals surface area contributed by atoms with Gasteiger partial charge in [0.2, 0.25) is 17.7 Å². The minimum atomic E-state index is -2.68. The van der Waals surface area contributed by atoms with Crippen molar-refractivity contribution in [2.24, 2.45) is 0 Å². The van der Waals surface area contributed by atoms with Crippen LogP contribution in [0.3, 0.4) is 0 Å². The summed E-state index contributed by atoms with van der Waals surface area (Å²) in [6.45, 7) is 1.40. The number of nitrogens with one attached hydrogen (secondary N) is 1. The first-order valence-corrected chi connectivity index (χ1v) is 11.1. The number of fused-ring (bicyclic) bond motifs is 1. The molecule has 7 nitrogen and oxygen atoms in total. The van der Waals surface area contributed by atoms with Crippen molar-refractivity contribution in [3.05, 3.63) is 33.0 Å². The maximum Gasteiger partial charge on any atom is 0.275 e. The molecule has 2 N–H and O–H groups in total. The number of aromatic nitrogens is 2. The number of halogens is 3. The lowest BCUT2D eigenvalue weighted by Crippen LogP contribution is -2.54. The minimum Gasteiger partial charge on any atom is -0.473 e. The van der Waals surface area contributed by atoms with Crippen LogP contribution in [0.1, 0.15) is 45.4 Å². The fourth-order valence-corrected chi connectivity index (χ4v) is 4.59. The van der Waals surface area contributed by atoms with E-state index in [0.717, 1.165) is 4.68 Å². The number of amides is 1. The van der Waals surface area contributed by atoms with Crippen molar-refractivity contribution in [1.29, 1.82) is 0 Å². The molecule has 10 heteroatoms. The van der Waals surface area contributed by atoms with E-state index in [9.17, 15) is 23.5 Å². The van der Waals surface area contributed by atoms with Crippen molar-refractivity contribution >= 4 is 32.6 Å². The van der Waals surface area contributed by atoms with Crippen LogP contribution in [0.25, 0.3) is 10.8 Å². The Bertz CT molecular complexity index is 1050. The molecule has 2 saturated carbocycles. The van der Waals surface area contributed by atoms with Gasteiger partial charge >= 0.3 is 0 Å². The number of ether oxygens (including phenoxy) is 1. The third-order valence-corrected chi connectivity index (χ3v) is 6.35. The summed E-state index contributed by atoms with van der Waals surface area (Å²) < 4.78 is 34.7. The molecule has 0 aliphatic heterocycles. The Hall–Kier alpha value is -2.07. The van der Waals surface area contributed by atoms with Crippen LogP contribution < -0.4 is 15.6 Å². The Morgan fingerprint density at radius 3 is 2.65 bits per heavy atom. The summed E-state index contributed by atoms with van der Waals surface area (Å²) in [4.78, 5) is 25.3. The van der Waals surface area contributed by atoms with Gasteiger partial charge < -0.3 is 15.2 Å². The molecular formula is C21H24BrF2N3O4. The summed E-state index contributed by atoms with van der Waals surface area (Å²) in [6, 6.07) is 4.87. The van der Waals surface area contributed by atoms with Crippen LogP contribution in [0.2, 0.25) is 0 Å². The van der Waals surface area contributed by atoms with Crippen molar-refractivity contribution in [1.82, 2.24) is 15.1 Å². The molecule has 0 atom stereocenters. The highest BCUT2D eigenvalue weighted by molar-refractivity contribution is 9.10. The molecule has 168 valence electrons. The van der Waals surface area contributed by atoms with Crippen LogP contribution in [0.5, 0.6) is 5.88 Å². The number of carbonyl (C=O) groups excluding carboxylic acids is 1. The fourth-order valence-electron chi connectivity index (χ4n) is 4.22. The Labute approximate surface area is 185 Å². The van der Waals surface area contributed by atoms with Gasteiger partial charge in [-0.25, -0.2) is 13.5 Å². The average Bonchev–Trinajstić information content (AvgIpc) is 2.65. The molecule has 2 fully saturated rings. The lowest BCUT2D eigenvalue weighted by molar-refractivity contribution is -0.125. The molecule has 2 aliphatic carbocycles. The van der Waals surface area contributed by atoms with Gasteiger partial charge in [0.05, 0.1) is 16.4 Å². The molecule has 0 spiro atoms. The predicted molar refractivity (Wildman–Crippen MR) is 113 cm³/mol. The van der Waals surface area contributed by atoms with Crippen molar-refractivity contribution < 1.29 is 23.4 Å². The van der Waals surface area contributed by atoms with E-state index in [1.54, 1.807) is 25.1 Å². The van der Waals surface area contributed by atoms with Gasteiger partial charge in [-0.15, -0.1) is 5.10 Å². The van der Waals surface area contributed by atoms with Crippen LogP contribution in [0, 0.1) is 0 Å². The molecule has 31 heavy (non-hydrogen) atoms. The summed E-state index contributed by atoms with van der Waals surface area (Å²) in [7, 11) is 0. The second-order valence-corrected chi connectivity index (χ2v) is 9.72. The highest BCUT2D eigenvalue weighted by Crippen LogP contribution is 2.35. The Balaban J connectivity index is 1.57. The Kier molecular flexibility index (Phi) is 5.80. The van der Waals surface area contributed by atoms with E-state index >= 15 is 0 Å². The first kappa shape index (κ1) is 22.1. The van der Waals surface area contributed by atoms with Crippen LogP contribution in [-0.4, -0.2) is 44.5 Å². The van der Waals surface area contributed by atoms with E-state index in [1.807, 2.05) is 0 Å². The van der Waals surface area contributed by atoms with E-state index in [2.05, 4.69) is 26.3 Å². The lowest BCUT2D eigenvalue weighted by Gasteiger charge is -2.41. The van der Waals surface area contributed by atoms with Gasteiger partial charge in [-0.2, -0.15) is 0 Å². The van der Waals surface area contributed by atoms with Crippen molar-refractivity contribution in [2.45, 2.75) is 75.7 Å². The number of hydrogen-bond donors (Lipinski definition) is 2. The van der Waals surface area contributed by atoms with Crippen molar-refractivity contribution in [3.63, 3.8) is 0 Å². The number of rotatable bonds is 5. The van der Waals surface area contributed by atoms with Crippen LogP contribution in [0.15, 0.2) is 27.5 Å². The molecule has 1 aromatic carbocycles. The highest BCUT2D eigenvalue weighted by Gasteiger charge is 2.39. The SMILES string of the molecule is C[C@]1(O)C[C@@H](NC(=O)Cn2nc(OC3CCC(F)(F)CC3)c3cc(Br)ccc3c2=O)C1. The van der Waals surface area contributed by atoms with Gasteiger partial charge in [-0.05, 0) is 50.8 Å². The van der Waals surface area contributed by atoms with Crippen molar-refractivity contribution in [3.8, 4) is 5.88 Å². The first-order chi connectivity index (χ1) is 14.5.